The summed E-state index contributed by atoms with van der Waals surface area (Å²) < 4.78 is 118. The highest BCUT2D eigenvalue weighted by Crippen LogP contribution is 2.35. The van der Waals surface area contributed by atoms with Crippen LogP contribution in [0, 0.1) is 6.92 Å². The molecule has 0 saturated carbocycles. The second-order valence-electron chi connectivity index (χ2n) is 5.85. The molecule has 0 heterocycles. The van der Waals surface area contributed by atoms with E-state index < -0.39 is 51.9 Å². The van der Waals surface area contributed by atoms with Crippen LogP contribution in [0.3, 0.4) is 0 Å². The van der Waals surface area contributed by atoms with Crippen molar-refractivity contribution in [2.24, 2.45) is 0 Å². The molecule has 136 valence electrons. The molecule has 0 fully saturated rings. The van der Waals surface area contributed by atoms with E-state index in [1.54, 1.807) is 48.5 Å². The first-order valence-electron chi connectivity index (χ1n) is 15.0. The van der Waals surface area contributed by atoms with Gasteiger partial charge < -0.3 is 4.74 Å². The number of nitrogens with zero attached hydrogens (tertiary/aromatic N) is 1. The normalized spacial score (nSPS) is 24.0. The third-order valence-corrected chi connectivity index (χ3v) is 4.14. The van der Waals surface area contributed by atoms with E-state index in [9.17, 15) is 0 Å². The van der Waals surface area contributed by atoms with Crippen molar-refractivity contribution in [3.63, 3.8) is 0 Å². The first-order valence-corrected chi connectivity index (χ1v) is 8.01. The van der Waals surface area contributed by atoms with Crippen molar-refractivity contribution in [3.05, 3.63) is 65.2 Å². The van der Waals surface area contributed by atoms with Crippen LogP contribution in [0.15, 0.2) is 48.5 Å². The average Bonchev–Trinajstić information content (AvgIpc) is 2.78. The molecule has 0 N–H and O–H groups in total. The number of hydrogen-bond acceptors (Lipinski definition) is 2. The van der Waals surface area contributed by atoms with E-state index in [-0.39, 0.29) is 11.3 Å². The summed E-state index contributed by atoms with van der Waals surface area (Å²) in [5.74, 6) is -0.230. The van der Waals surface area contributed by atoms with E-state index in [2.05, 4.69) is 0 Å². The maximum Gasteiger partial charge on any atom is 0.122 e. The minimum Gasteiger partial charge on any atom is -0.496 e. The summed E-state index contributed by atoms with van der Waals surface area (Å²) in [4.78, 5) is 0.0260. The molecule has 0 amide bonds. The standard InChI is InChI=1S/C23H33NO/c1-17(2)24(18(3)4)15-14-21(20-10-8-7-9-11-20)22-16-19(5)12-13-23(22)25-6/h7-13,16-18,21H,14-15H2,1-6H3/t21-/m0/s1/i1D3,2D3,3D3,4D3,17D,18D. The highest BCUT2D eigenvalue weighted by atomic mass is 16.5. The molecule has 0 aliphatic heterocycles. The van der Waals surface area contributed by atoms with Crippen LogP contribution in [-0.2, 0) is 0 Å². The van der Waals surface area contributed by atoms with Gasteiger partial charge in [0.2, 0.25) is 0 Å². The molecule has 0 radical (unpaired) electrons. The first kappa shape index (κ1) is 7.84. The first-order chi connectivity index (χ1) is 17.5. The van der Waals surface area contributed by atoms with E-state index >= 15 is 0 Å². The third-order valence-electron chi connectivity index (χ3n) is 4.14. The minimum absolute atomic E-state index is 0.0260. The number of rotatable bonds is 8. The molecule has 1 atom stereocenters. The Hall–Kier alpha value is -1.80. The molecule has 2 nitrogen and oxygen atoms in total. The maximum absolute atomic E-state index is 8.72. The molecule has 2 aromatic carbocycles. The largest absolute Gasteiger partial charge is 0.496 e. The Morgan fingerprint density at radius 3 is 2.32 bits per heavy atom. The number of ether oxygens (including phenoxy) is 1. The van der Waals surface area contributed by atoms with Gasteiger partial charge in [-0.1, -0.05) is 48.0 Å². The summed E-state index contributed by atoms with van der Waals surface area (Å²) in [6.07, 6.45) is -0.233. The number of aryl methyl sites for hydroxylation is 1. The lowest BCUT2D eigenvalue weighted by Crippen LogP contribution is -2.38. The van der Waals surface area contributed by atoms with Gasteiger partial charge in [0.1, 0.15) is 5.75 Å². The van der Waals surface area contributed by atoms with Crippen molar-refractivity contribution >= 4 is 0 Å². The predicted octanol–water partition coefficient (Wildman–Crippen LogP) is 5.64. The zero-order valence-corrected chi connectivity index (χ0v) is 14.5. The van der Waals surface area contributed by atoms with Crippen molar-refractivity contribution in [1.82, 2.24) is 4.90 Å². The van der Waals surface area contributed by atoms with Gasteiger partial charge in [0.25, 0.3) is 0 Å². The lowest BCUT2D eigenvalue weighted by Gasteiger charge is -2.32. The van der Waals surface area contributed by atoms with Gasteiger partial charge in [-0.05, 0) is 58.9 Å². The summed E-state index contributed by atoms with van der Waals surface area (Å²) >= 11 is 0. The van der Waals surface area contributed by atoms with Gasteiger partial charge >= 0.3 is 0 Å². The summed E-state index contributed by atoms with van der Waals surface area (Å²) in [6.45, 7) is -13.9. The second kappa shape index (κ2) is 9.05. The quantitative estimate of drug-likeness (QED) is 0.608. The second-order valence-corrected chi connectivity index (χ2v) is 5.85. The maximum atomic E-state index is 8.72. The van der Waals surface area contributed by atoms with E-state index in [0.717, 1.165) is 5.56 Å². The zero-order chi connectivity index (χ0) is 30.2. The SMILES string of the molecule is [2H]C([2H])([2H])C([2H])(N(CC[C@@H](c1ccccc1)c1cc(C)ccc1OC)C([2H])(C([2H])([2H])[2H])C([2H])([2H])[2H])C([2H])([2H])[2H]. The number of benzene rings is 2. The van der Waals surface area contributed by atoms with Crippen LogP contribution in [0.5, 0.6) is 5.75 Å². The fourth-order valence-corrected chi connectivity index (χ4v) is 2.91. The predicted molar refractivity (Wildman–Crippen MR) is 108 cm³/mol. The Morgan fingerprint density at radius 1 is 1.04 bits per heavy atom. The van der Waals surface area contributed by atoms with Crippen LogP contribution >= 0.6 is 0 Å². The van der Waals surface area contributed by atoms with Gasteiger partial charge in [-0.15, -0.1) is 0 Å². The molecular formula is C23H33NO. The fourth-order valence-electron chi connectivity index (χ4n) is 2.91. The lowest BCUT2D eigenvalue weighted by molar-refractivity contribution is 0.170. The van der Waals surface area contributed by atoms with Crippen LogP contribution in [0.4, 0.5) is 0 Å². The smallest absolute Gasteiger partial charge is 0.122 e. The average molecular weight is 354 g/mol. The lowest BCUT2D eigenvalue weighted by atomic mass is 9.86. The van der Waals surface area contributed by atoms with Crippen molar-refractivity contribution in [2.45, 2.75) is 58.7 Å². The molecule has 2 heteroatoms. The van der Waals surface area contributed by atoms with Crippen molar-refractivity contribution in [2.75, 3.05) is 13.7 Å². The van der Waals surface area contributed by atoms with Crippen molar-refractivity contribution in [3.8, 4) is 5.75 Å². The third kappa shape index (κ3) is 5.09. The summed E-state index contributed by atoms with van der Waals surface area (Å²) in [5.41, 5.74) is 2.10. The van der Waals surface area contributed by atoms with Crippen LogP contribution < -0.4 is 4.74 Å². The summed E-state index contributed by atoms with van der Waals surface area (Å²) in [6, 6.07) is 6.54. The highest BCUT2D eigenvalue weighted by molar-refractivity contribution is 5.44. The zero-order valence-electron chi connectivity index (χ0n) is 28.5. The van der Waals surface area contributed by atoms with Gasteiger partial charge in [-0.2, -0.15) is 0 Å². The fraction of sp³-hybridized carbons (Fsp3) is 0.478. The van der Waals surface area contributed by atoms with E-state index in [1.165, 1.54) is 7.11 Å². The van der Waals surface area contributed by atoms with Crippen LogP contribution in [0.1, 0.15) is 75.6 Å². The van der Waals surface area contributed by atoms with Gasteiger partial charge in [0.05, 0.1) is 7.11 Å². The van der Waals surface area contributed by atoms with E-state index in [1.807, 2.05) is 6.92 Å². The highest BCUT2D eigenvalue weighted by Gasteiger charge is 2.21. The molecule has 0 aliphatic rings. The summed E-state index contributed by atoms with van der Waals surface area (Å²) in [5, 5.41) is 0. The van der Waals surface area contributed by atoms with E-state index in [4.69, 9.17) is 23.9 Å². The van der Waals surface area contributed by atoms with Crippen molar-refractivity contribution in [1.29, 1.82) is 0 Å². The monoisotopic (exact) mass is 353 g/mol. The molecule has 25 heavy (non-hydrogen) atoms. The Kier molecular flexibility index (Phi) is 2.84. The van der Waals surface area contributed by atoms with Crippen LogP contribution in [0.25, 0.3) is 0 Å². The molecule has 0 bridgehead atoms. The Bertz CT molecular complexity index is 1040. The van der Waals surface area contributed by atoms with Crippen LogP contribution in [-0.4, -0.2) is 30.6 Å². The Morgan fingerprint density at radius 2 is 1.72 bits per heavy atom. The molecule has 0 aliphatic carbocycles. The number of methoxy groups -OCH3 is 1. The Labute approximate surface area is 173 Å². The topological polar surface area (TPSA) is 12.5 Å². The van der Waals surface area contributed by atoms with Gasteiger partial charge in [0.15, 0.2) is 0 Å². The molecule has 2 rings (SSSR count). The molecule has 0 aromatic heterocycles. The minimum atomic E-state index is -3.75. The molecule has 2 aromatic rings. The summed E-state index contributed by atoms with van der Waals surface area (Å²) in [7, 11) is 1.44. The Balaban J connectivity index is 2.86. The van der Waals surface area contributed by atoms with Gasteiger partial charge in [0, 0.05) is 42.7 Å². The molecule has 0 saturated heterocycles. The number of hydrogen-bond donors (Lipinski definition) is 0. The van der Waals surface area contributed by atoms with Crippen LogP contribution in [0.2, 0.25) is 0 Å². The molecular weight excluding hydrogens is 306 g/mol. The van der Waals surface area contributed by atoms with Gasteiger partial charge in [-0.3, -0.25) is 4.90 Å². The van der Waals surface area contributed by atoms with Gasteiger partial charge in [-0.25, -0.2) is 0 Å². The van der Waals surface area contributed by atoms with E-state index in [0.29, 0.717) is 16.9 Å². The molecule has 0 unspecified atom stereocenters. The van der Waals surface area contributed by atoms with Crippen molar-refractivity contribution < 1.29 is 23.9 Å². The molecule has 0 spiro atoms.